The highest BCUT2D eigenvalue weighted by Gasteiger charge is 2.35. The Morgan fingerprint density at radius 1 is 1.12 bits per heavy atom. The number of hydrogen-bond donors (Lipinski definition) is 0. The number of hydrogen-bond acceptors (Lipinski definition) is 2. The molecule has 1 saturated heterocycles. The van der Waals surface area contributed by atoms with Crippen LogP contribution in [0.3, 0.4) is 0 Å². The first-order valence-electron chi connectivity index (χ1n) is 8.55. The summed E-state index contributed by atoms with van der Waals surface area (Å²) in [5, 5.41) is 0. The average Bonchev–Trinajstić information content (AvgIpc) is 2.56. The van der Waals surface area contributed by atoms with Crippen LogP contribution < -0.4 is 0 Å². The Balaban J connectivity index is 1.62. The summed E-state index contributed by atoms with van der Waals surface area (Å²) in [7, 11) is 0. The van der Waals surface area contributed by atoms with Crippen LogP contribution >= 0.6 is 0 Å². The van der Waals surface area contributed by atoms with Crippen LogP contribution in [0.2, 0.25) is 0 Å². The van der Waals surface area contributed by atoms with Crippen LogP contribution in [0.4, 0.5) is 4.39 Å². The smallest absolute Gasteiger partial charge is 0.123 e. The molecule has 2 heterocycles. The second-order valence-corrected chi connectivity index (χ2v) is 6.77. The number of aryl methyl sites for hydroxylation is 1. The summed E-state index contributed by atoms with van der Waals surface area (Å²) < 4.78 is 19.2. The van der Waals surface area contributed by atoms with Gasteiger partial charge in [-0.15, -0.1) is 0 Å². The van der Waals surface area contributed by atoms with E-state index in [2.05, 4.69) is 41.3 Å². The normalized spacial score (nSPS) is 23.8. The fourth-order valence-corrected chi connectivity index (χ4v) is 3.89. The quantitative estimate of drug-likeness (QED) is 0.840. The Morgan fingerprint density at radius 2 is 1.96 bits per heavy atom. The molecule has 24 heavy (non-hydrogen) atoms. The van der Waals surface area contributed by atoms with Gasteiger partial charge in [0.25, 0.3) is 0 Å². The zero-order chi connectivity index (χ0) is 16.5. The molecule has 0 spiro atoms. The van der Waals surface area contributed by atoms with Crippen molar-refractivity contribution in [3.05, 3.63) is 77.1 Å². The molecular formula is C21H22FNO. The lowest BCUT2D eigenvalue weighted by atomic mass is 9.87. The maximum Gasteiger partial charge on any atom is 0.123 e. The first-order valence-corrected chi connectivity index (χ1v) is 8.55. The molecule has 4 rings (SSSR count). The van der Waals surface area contributed by atoms with Crippen LogP contribution in [0, 0.1) is 12.7 Å². The second kappa shape index (κ2) is 6.50. The molecule has 0 saturated carbocycles. The molecule has 2 nitrogen and oxygen atoms in total. The molecule has 124 valence electrons. The third kappa shape index (κ3) is 3.02. The van der Waals surface area contributed by atoms with Gasteiger partial charge in [0, 0.05) is 12.6 Å². The van der Waals surface area contributed by atoms with Crippen LogP contribution in [-0.4, -0.2) is 30.2 Å². The predicted octanol–water partition coefficient (Wildman–Crippen LogP) is 4.19. The molecule has 2 aliphatic heterocycles. The fraction of sp³-hybridized carbons (Fsp3) is 0.333. The van der Waals surface area contributed by atoms with Gasteiger partial charge in [-0.05, 0) is 47.7 Å². The summed E-state index contributed by atoms with van der Waals surface area (Å²) in [6.45, 7) is 4.43. The average molecular weight is 323 g/mol. The van der Waals surface area contributed by atoms with E-state index in [1.165, 1.54) is 16.7 Å². The van der Waals surface area contributed by atoms with Crippen LogP contribution in [0.1, 0.15) is 23.1 Å². The van der Waals surface area contributed by atoms with Gasteiger partial charge in [-0.3, -0.25) is 4.90 Å². The van der Waals surface area contributed by atoms with E-state index < -0.39 is 0 Å². The van der Waals surface area contributed by atoms with Gasteiger partial charge in [0.15, 0.2) is 0 Å². The molecule has 2 atom stereocenters. The first-order chi connectivity index (χ1) is 11.7. The molecule has 2 aromatic carbocycles. The molecule has 0 amide bonds. The predicted molar refractivity (Wildman–Crippen MR) is 94.1 cm³/mol. The van der Waals surface area contributed by atoms with Crippen molar-refractivity contribution in [1.29, 1.82) is 0 Å². The third-order valence-electron chi connectivity index (χ3n) is 5.09. The van der Waals surface area contributed by atoms with Crippen molar-refractivity contribution in [2.75, 3.05) is 13.2 Å². The van der Waals surface area contributed by atoms with E-state index in [1.54, 1.807) is 12.1 Å². The number of morpholine rings is 1. The van der Waals surface area contributed by atoms with Crippen molar-refractivity contribution in [2.45, 2.75) is 32.0 Å². The molecule has 2 bridgehead atoms. The summed E-state index contributed by atoms with van der Waals surface area (Å²) in [4.78, 5) is 2.54. The van der Waals surface area contributed by atoms with Crippen molar-refractivity contribution in [2.24, 2.45) is 0 Å². The monoisotopic (exact) mass is 323 g/mol. The van der Waals surface area contributed by atoms with Crippen LogP contribution in [0.5, 0.6) is 0 Å². The van der Waals surface area contributed by atoms with Gasteiger partial charge in [-0.2, -0.15) is 0 Å². The van der Waals surface area contributed by atoms with Gasteiger partial charge in [0.1, 0.15) is 5.82 Å². The maximum absolute atomic E-state index is 13.4. The third-order valence-corrected chi connectivity index (χ3v) is 5.09. The maximum atomic E-state index is 13.4. The lowest BCUT2D eigenvalue weighted by Gasteiger charge is -2.45. The van der Waals surface area contributed by atoms with Gasteiger partial charge in [0.05, 0.1) is 19.3 Å². The van der Waals surface area contributed by atoms with E-state index in [0.717, 1.165) is 31.7 Å². The number of halogens is 1. The Hall–Kier alpha value is -1.97. The van der Waals surface area contributed by atoms with Gasteiger partial charge in [-0.1, -0.05) is 42.5 Å². The molecule has 0 N–H and O–H groups in total. The van der Waals surface area contributed by atoms with Gasteiger partial charge in [-0.25, -0.2) is 4.39 Å². The highest BCUT2D eigenvalue weighted by Crippen LogP contribution is 2.34. The topological polar surface area (TPSA) is 12.5 Å². The highest BCUT2D eigenvalue weighted by molar-refractivity contribution is 5.70. The molecule has 3 heteroatoms. The van der Waals surface area contributed by atoms with Gasteiger partial charge >= 0.3 is 0 Å². The summed E-state index contributed by atoms with van der Waals surface area (Å²) in [6, 6.07) is 16.4. The van der Waals surface area contributed by atoms with E-state index in [-0.39, 0.29) is 11.9 Å². The van der Waals surface area contributed by atoms with Crippen molar-refractivity contribution in [1.82, 2.24) is 4.90 Å². The molecule has 0 aliphatic carbocycles. The fourth-order valence-electron chi connectivity index (χ4n) is 3.89. The lowest BCUT2D eigenvalue weighted by molar-refractivity contribution is -0.0402. The zero-order valence-electron chi connectivity index (χ0n) is 13.9. The lowest BCUT2D eigenvalue weighted by Crippen LogP contribution is -2.53. The van der Waals surface area contributed by atoms with E-state index >= 15 is 0 Å². The largest absolute Gasteiger partial charge is 0.378 e. The van der Waals surface area contributed by atoms with Crippen molar-refractivity contribution in [3.8, 4) is 0 Å². The molecule has 2 aromatic rings. The first kappa shape index (κ1) is 15.6. The zero-order valence-corrected chi connectivity index (χ0v) is 13.9. The Bertz CT molecular complexity index is 756. The number of fused-ring (bicyclic) bond motifs is 2. The summed E-state index contributed by atoms with van der Waals surface area (Å²) in [6.07, 6.45) is 3.27. The summed E-state index contributed by atoms with van der Waals surface area (Å²) in [5.74, 6) is -0.165. The van der Waals surface area contributed by atoms with Crippen LogP contribution in [-0.2, 0) is 11.3 Å². The molecule has 2 aliphatic rings. The molecule has 2 unspecified atom stereocenters. The number of rotatable bonds is 3. The van der Waals surface area contributed by atoms with E-state index in [0.29, 0.717) is 6.04 Å². The minimum Gasteiger partial charge on any atom is -0.378 e. The van der Waals surface area contributed by atoms with Crippen LogP contribution in [0.15, 0.2) is 54.6 Å². The summed E-state index contributed by atoms with van der Waals surface area (Å²) in [5.41, 5.74) is 4.85. The molecule has 1 fully saturated rings. The minimum absolute atomic E-state index is 0.165. The molecule has 0 radical (unpaired) electrons. The second-order valence-electron chi connectivity index (χ2n) is 6.77. The minimum atomic E-state index is -0.165. The number of nitrogens with zero attached hydrogens (tertiary/aromatic N) is 1. The SMILES string of the molecule is Cc1cc(F)ccc1C1=CC2COCC(C1)N2Cc1ccccc1. The summed E-state index contributed by atoms with van der Waals surface area (Å²) >= 11 is 0. The van der Waals surface area contributed by atoms with Gasteiger partial charge in [0.2, 0.25) is 0 Å². The molecule has 0 aromatic heterocycles. The van der Waals surface area contributed by atoms with Gasteiger partial charge < -0.3 is 4.74 Å². The van der Waals surface area contributed by atoms with E-state index in [1.807, 2.05) is 13.0 Å². The Morgan fingerprint density at radius 3 is 2.71 bits per heavy atom. The van der Waals surface area contributed by atoms with E-state index in [4.69, 9.17) is 4.74 Å². The van der Waals surface area contributed by atoms with Crippen LogP contribution in [0.25, 0.3) is 5.57 Å². The highest BCUT2D eigenvalue weighted by atomic mass is 19.1. The molecular weight excluding hydrogens is 301 g/mol. The Kier molecular flexibility index (Phi) is 4.21. The van der Waals surface area contributed by atoms with Crippen molar-refractivity contribution in [3.63, 3.8) is 0 Å². The van der Waals surface area contributed by atoms with Crippen molar-refractivity contribution < 1.29 is 9.13 Å². The number of ether oxygens (including phenoxy) is 1. The van der Waals surface area contributed by atoms with Crippen molar-refractivity contribution >= 4 is 5.57 Å². The Labute approximate surface area is 142 Å². The number of benzene rings is 2. The standard InChI is InChI=1S/C21H22FNO/c1-15-9-18(22)7-8-21(15)17-10-19-13-24-14-20(11-17)23(19)12-16-5-3-2-4-6-16/h2-10,19-20H,11-14H2,1H3. The van der Waals surface area contributed by atoms with E-state index in [9.17, 15) is 4.39 Å².